The molecule has 2 aromatic heterocycles. The van der Waals surface area contributed by atoms with Crippen LogP contribution in [0.5, 0.6) is 0 Å². The van der Waals surface area contributed by atoms with Crippen molar-refractivity contribution in [2.24, 2.45) is 0 Å². The van der Waals surface area contributed by atoms with Crippen molar-refractivity contribution in [3.8, 4) is 5.69 Å². The monoisotopic (exact) mass is 443 g/mol. The van der Waals surface area contributed by atoms with Gasteiger partial charge in [-0.3, -0.25) is 14.6 Å². The number of carbonyl (C=O) groups is 3. The summed E-state index contributed by atoms with van der Waals surface area (Å²) in [5.74, 6) is -1.94. The van der Waals surface area contributed by atoms with Gasteiger partial charge in [0.2, 0.25) is 5.82 Å². The lowest BCUT2D eigenvalue weighted by Crippen LogP contribution is -2.21. The minimum absolute atomic E-state index is 0.0928. The summed E-state index contributed by atoms with van der Waals surface area (Å²) in [6, 6.07) is 8.60. The average Bonchev–Trinajstić information content (AvgIpc) is 3.28. The molecule has 2 amide bonds. The first-order valence-corrected chi connectivity index (χ1v) is 10.1. The number of nitrogens with one attached hydrogen (secondary N) is 2. The van der Waals surface area contributed by atoms with Crippen LogP contribution in [0.2, 0.25) is 0 Å². The Balaban J connectivity index is 1.97. The molecule has 0 unspecified atom stereocenters. The van der Waals surface area contributed by atoms with Gasteiger partial charge >= 0.3 is 11.7 Å². The zero-order valence-electron chi connectivity index (χ0n) is 17.4. The zero-order valence-corrected chi connectivity index (χ0v) is 18.2. The summed E-state index contributed by atoms with van der Waals surface area (Å²) in [5.41, 5.74) is 0.393. The van der Waals surface area contributed by atoms with Gasteiger partial charge in [-0.1, -0.05) is 18.2 Å². The van der Waals surface area contributed by atoms with Gasteiger partial charge in [-0.15, -0.1) is 16.4 Å². The van der Waals surface area contributed by atoms with Crippen molar-refractivity contribution in [1.82, 2.24) is 19.7 Å². The van der Waals surface area contributed by atoms with Gasteiger partial charge < -0.3 is 15.0 Å². The first kappa shape index (κ1) is 22.0. The Morgan fingerprint density at radius 1 is 1.23 bits per heavy atom. The average molecular weight is 443 g/mol. The highest BCUT2D eigenvalue weighted by molar-refractivity contribution is 7.18. The third-order valence-corrected chi connectivity index (χ3v) is 5.48. The van der Waals surface area contributed by atoms with E-state index in [9.17, 15) is 19.2 Å². The van der Waals surface area contributed by atoms with Crippen LogP contribution in [-0.4, -0.2) is 58.2 Å². The number of esters is 1. The molecule has 0 radical (unpaired) electrons. The summed E-state index contributed by atoms with van der Waals surface area (Å²) < 4.78 is 6.14. The Morgan fingerprint density at radius 2 is 1.90 bits per heavy atom. The summed E-state index contributed by atoms with van der Waals surface area (Å²) in [7, 11) is 3.18. The van der Waals surface area contributed by atoms with Crippen LogP contribution in [0.4, 0.5) is 5.00 Å². The van der Waals surface area contributed by atoms with Gasteiger partial charge in [-0.2, -0.15) is 4.68 Å². The number of carbonyl (C=O) groups excluding carboxylic acids is 3. The van der Waals surface area contributed by atoms with Crippen LogP contribution in [0.15, 0.2) is 35.1 Å². The topological polar surface area (TPSA) is 126 Å². The molecule has 11 heteroatoms. The molecular weight excluding hydrogens is 422 g/mol. The molecular formula is C20H21N5O5S. The molecule has 0 aliphatic carbocycles. The van der Waals surface area contributed by atoms with Crippen LogP contribution in [0.25, 0.3) is 5.69 Å². The number of benzene rings is 1. The van der Waals surface area contributed by atoms with Gasteiger partial charge in [0.1, 0.15) is 5.00 Å². The van der Waals surface area contributed by atoms with Crippen LogP contribution >= 0.6 is 11.3 Å². The molecule has 3 rings (SSSR count). The molecule has 31 heavy (non-hydrogen) atoms. The summed E-state index contributed by atoms with van der Waals surface area (Å²) in [5, 5.41) is 6.74. The van der Waals surface area contributed by atoms with E-state index < -0.39 is 17.6 Å². The number of H-pyrrole nitrogens is 1. The summed E-state index contributed by atoms with van der Waals surface area (Å²) in [4.78, 5) is 54.0. The van der Waals surface area contributed by atoms with Crippen molar-refractivity contribution in [2.75, 3.05) is 26.0 Å². The molecule has 0 saturated carbocycles. The molecule has 0 bridgehead atoms. The molecule has 0 aliphatic heterocycles. The molecule has 10 nitrogen and oxygen atoms in total. The van der Waals surface area contributed by atoms with Gasteiger partial charge in [0.25, 0.3) is 11.8 Å². The molecule has 162 valence electrons. The predicted molar refractivity (Wildman–Crippen MR) is 115 cm³/mol. The van der Waals surface area contributed by atoms with Crippen molar-refractivity contribution < 1.29 is 19.1 Å². The van der Waals surface area contributed by atoms with Crippen LogP contribution in [0, 0.1) is 6.92 Å². The number of hydrogen-bond acceptors (Lipinski definition) is 7. The van der Waals surface area contributed by atoms with Gasteiger partial charge in [0, 0.05) is 14.1 Å². The van der Waals surface area contributed by atoms with Crippen LogP contribution in [0.1, 0.15) is 43.1 Å². The molecule has 2 N–H and O–H groups in total. The van der Waals surface area contributed by atoms with E-state index in [1.165, 1.54) is 4.90 Å². The van der Waals surface area contributed by atoms with Crippen LogP contribution < -0.4 is 11.0 Å². The van der Waals surface area contributed by atoms with E-state index in [4.69, 9.17) is 4.74 Å². The lowest BCUT2D eigenvalue weighted by atomic mass is 10.1. The number of aromatic amines is 1. The zero-order chi connectivity index (χ0) is 22.7. The molecule has 0 fully saturated rings. The minimum Gasteiger partial charge on any atom is -0.462 e. The smallest absolute Gasteiger partial charge is 0.348 e. The number of aromatic nitrogens is 3. The number of rotatable bonds is 6. The number of thiophene rings is 1. The first-order valence-electron chi connectivity index (χ1n) is 9.32. The number of para-hydroxylation sites is 1. The third-order valence-electron chi connectivity index (χ3n) is 4.29. The first-order chi connectivity index (χ1) is 14.7. The molecule has 0 saturated heterocycles. The Bertz CT molecular complexity index is 1190. The summed E-state index contributed by atoms with van der Waals surface area (Å²) in [6.45, 7) is 3.40. The lowest BCUT2D eigenvalue weighted by molar-refractivity contribution is 0.0527. The summed E-state index contributed by atoms with van der Waals surface area (Å²) in [6.07, 6.45) is 0. The van der Waals surface area contributed by atoms with E-state index in [1.54, 1.807) is 58.3 Å². The Labute approximate surface area is 181 Å². The number of amides is 2. The maximum absolute atomic E-state index is 12.8. The highest BCUT2D eigenvalue weighted by Crippen LogP contribution is 2.34. The van der Waals surface area contributed by atoms with Crippen LogP contribution in [-0.2, 0) is 4.74 Å². The third kappa shape index (κ3) is 4.40. The molecule has 1 aromatic carbocycles. The number of anilines is 1. The molecule has 0 spiro atoms. The number of hydrogen-bond donors (Lipinski definition) is 2. The second-order valence-electron chi connectivity index (χ2n) is 6.66. The quantitative estimate of drug-likeness (QED) is 0.562. The second kappa shape index (κ2) is 8.96. The van der Waals surface area contributed by atoms with E-state index in [0.29, 0.717) is 16.1 Å². The Hall–Kier alpha value is -3.73. The minimum atomic E-state index is -0.734. The van der Waals surface area contributed by atoms with E-state index >= 15 is 0 Å². The van der Waals surface area contributed by atoms with Crippen molar-refractivity contribution in [2.45, 2.75) is 13.8 Å². The van der Waals surface area contributed by atoms with E-state index in [-0.39, 0.29) is 28.9 Å². The predicted octanol–water partition coefficient (Wildman–Crippen LogP) is 2.06. The number of nitrogens with zero attached hydrogens (tertiary/aromatic N) is 3. The maximum atomic E-state index is 12.8. The fraction of sp³-hybridized carbons (Fsp3) is 0.250. The number of ether oxygens (including phenoxy) is 1. The normalized spacial score (nSPS) is 10.6. The van der Waals surface area contributed by atoms with E-state index in [2.05, 4.69) is 15.4 Å². The lowest BCUT2D eigenvalue weighted by Gasteiger charge is -2.09. The molecule has 2 heterocycles. The van der Waals surface area contributed by atoms with E-state index in [0.717, 1.165) is 16.0 Å². The summed E-state index contributed by atoms with van der Waals surface area (Å²) >= 11 is 0.957. The van der Waals surface area contributed by atoms with Crippen molar-refractivity contribution >= 4 is 34.1 Å². The molecule has 0 atom stereocenters. The SMILES string of the molecule is CCOC(=O)c1c(NC(=O)c2nn(-c3ccccc3)c(=O)[nH]2)sc(C(=O)N(C)C)c1C. The van der Waals surface area contributed by atoms with Gasteiger partial charge in [-0.05, 0) is 31.5 Å². The Morgan fingerprint density at radius 3 is 2.52 bits per heavy atom. The molecule has 0 aliphatic rings. The van der Waals surface area contributed by atoms with Crippen molar-refractivity contribution in [3.05, 3.63) is 62.6 Å². The highest BCUT2D eigenvalue weighted by atomic mass is 32.1. The second-order valence-corrected chi connectivity index (χ2v) is 7.68. The van der Waals surface area contributed by atoms with Gasteiger partial charge in [-0.25, -0.2) is 9.59 Å². The van der Waals surface area contributed by atoms with Gasteiger partial charge in [0.15, 0.2) is 0 Å². The van der Waals surface area contributed by atoms with Gasteiger partial charge in [0.05, 0.1) is 22.7 Å². The molecule has 3 aromatic rings. The van der Waals surface area contributed by atoms with Crippen LogP contribution in [0.3, 0.4) is 0 Å². The standard InChI is InChI=1S/C20H21N5O5S/c1-5-30-19(28)13-11(2)14(18(27)24(3)4)31-17(13)22-16(26)15-21-20(29)25(23-15)12-9-7-6-8-10-12/h6-10H,5H2,1-4H3,(H,22,26)(H,21,23,29). The Kier molecular flexibility index (Phi) is 6.35. The van der Waals surface area contributed by atoms with E-state index in [1.807, 2.05) is 0 Å². The highest BCUT2D eigenvalue weighted by Gasteiger charge is 2.28. The maximum Gasteiger partial charge on any atom is 0.348 e. The largest absolute Gasteiger partial charge is 0.462 e. The van der Waals surface area contributed by atoms with Crippen molar-refractivity contribution in [1.29, 1.82) is 0 Å². The fourth-order valence-electron chi connectivity index (χ4n) is 2.79. The van der Waals surface area contributed by atoms with Crippen molar-refractivity contribution in [3.63, 3.8) is 0 Å². The fourth-order valence-corrected chi connectivity index (χ4v) is 4.00.